The van der Waals surface area contributed by atoms with Crippen LogP contribution in [0.2, 0.25) is 4.63 Å². The van der Waals surface area contributed by atoms with Crippen molar-refractivity contribution in [3.05, 3.63) is 36.5 Å². The summed E-state index contributed by atoms with van der Waals surface area (Å²) in [5.41, 5.74) is 0.713. The molecular formula is C22H35AtN4O8. The summed E-state index contributed by atoms with van der Waals surface area (Å²) in [5.74, 6) is -3.96. The summed E-state index contributed by atoms with van der Waals surface area (Å²) in [7, 11) is 0. The molecule has 2 atom stereocenters. The number of unbranched alkanes of at least 4 members (excludes halogenated alkanes) is 1. The summed E-state index contributed by atoms with van der Waals surface area (Å²) in [6.07, 6.45) is 7.29. The molecule has 7 N–H and O–H groups in total. The van der Waals surface area contributed by atoms with Gasteiger partial charge in [-0.15, -0.1) is 0 Å². The zero-order chi connectivity index (χ0) is 27.2. The quantitative estimate of drug-likeness (QED) is 0.0940. The number of allylic oxidation sites excluding steroid dienone is 3. The van der Waals surface area contributed by atoms with Gasteiger partial charge < -0.3 is 36.6 Å². The van der Waals surface area contributed by atoms with Crippen molar-refractivity contribution in [3.63, 3.8) is 0 Å². The van der Waals surface area contributed by atoms with Gasteiger partial charge >= 0.3 is 59.3 Å². The molecule has 0 fully saturated rings. The molecule has 0 saturated carbocycles. The Morgan fingerprint density at radius 1 is 0.857 bits per heavy atom. The SMILES string of the molecule is C=C(/C=C\C=C/C)CNC(=O)NCCCC[C@H](NC(=O)N[C@@H](CCC(=O)O)C(=O)O)C(=O)O.C[At]. The van der Waals surface area contributed by atoms with Gasteiger partial charge in [0.1, 0.15) is 12.1 Å². The number of carbonyl (C=O) groups excluding carboxylic acids is 2. The van der Waals surface area contributed by atoms with Gasteiger partial charge in [0.25, 0.3) is 0 Å². The standard InChI is InChI=1S/C21H32N4O8.CH3At/c1-3-4-5-8-14(2)13-23-20(32)22-12-7-6-9-15(18(28)29)24-21(33)25-16(19(30)31)10-11-17(26)27;1-2/h3-5,8,15-16H,2,6-7,9-13H2,1H3,(H,26,27)(H,28,29)(H,30,31)(H2,22,23,32)(H2,24,25,33);1H3/b4-3-,8-5-;/t15-,16-;/m0./s1. The van der Waals surface area contributed by atoms with Crippen LogP contribution in [-0.4, -0.2) is 70.5 Å². The molecule has 0 aromatic heterocycles. The van der Waals surface area contributed by atoms with Crippen LogP contribution in [0.25, 0.3) is 0 Å². The second kappa shape index (κ2) is 21.6. The van der Waals surface area contributed by atoms with Crippen LogP contribution in [0.1, 0.15) is 39.0 Å². The number of urea groups is 2. The second-order valence-corrected chi connectivity index (χ2v) is 6.98. The maximum atomic E-state index is 11.9. The van der Waals surface area contributed by atoms with E-state index in [1.807, 2.05) is 19.1 Å². The molecule has 4 amide bonds. The Bertz CT molecular complexity index is 771. The summed E-state index contributed by atoms with van der Waals surface area (Å²) >= 11 is 1.72. The molecule has 0 radical (unpaired) electrons. The third-order valence-corrected chi connectivity index (χ3v) is 4.17. The van der Waals surface area contributed by atoms with E-state index in [1.54, 1.807) is 36.9 Å². The van der Waals surface area contributed by atoms with Crippen molar-refractivity contribution in [2.24, 2.45) is 0 Å². The Morgan fingerprint density at radius 3 is 1.94 bits per heavy atom. The van der Waals surface area contributed by atoms with E-state index in [-0.39, 0.29) is 25.9 Å². The minimum absolute atomic E-state index is 0.0471. The number of rotatable bonds is 16. The molecule has 0 aliphatic carbocycles. The van der Waals surface area contributed by atoms with Crippen molar-refractivity contribution < 1.29 is 64.0 Å². The summed E-state index contributed by atoms with van der Waals surface area (Å²) in [6.45, 7) is 6.22. The fourth-order valence-corrected chi connectivity index (χ4v) is 2.43. The normalized spacial score (nSPS) is 12.1. The van der Waals surface area contributed by atoms with E-state index in [0.29, 0.717) is 18.4 Å². The molecule has 198 valence electrons. The van der Waals surface area contributed by atoms with E-state index in [4.69, 9.17) is 10.2 Å². The Kier molecular flexibility index (Phi) is 21.1. The molecule has 0 rings (SSSR count). The Hall–Kier alpha value is -2.95. The zero-order valence-corrected chi connectivity index (χ0v) is 22.8. The molecule has 0 aliphatic heterocycles. The minimum atomic E-state index is -1.46. The topological polar surface area (TPSA) is 194 Å². The molecular weight excluding hydrogens is 658 g/mol. The molecule has 0 saturated heterocycles. The number of amides is 4. The first-order chi connectivity index (χ1) is 16.6. The van der Waals surface area contributed by atoms with Crippen LogP contribution in [0, 0.1) is 24.7 Å². The van der Waals surface area contributed by atoms with E-state index in [1.165, 1.54) is 0 Å². The third-order valence-electron chi connectivity index (χ3n) is 4.17. The van der Waals surface area contributed by atoms with E-state index in [9.17, 15) is 29.1 Å². The van der Waals surface area contributed by atoms with Crippen LogP contribution < -0.4 is 21.3 Å². The van der Waals surface area contributed by atoms with Crippen molar-refractivity contribution in [1.29, 1.82) is 0 Å². The first-order valence-electron chi connectivity index (χ1n) is 10.7. The number of carboxylic acids is 3. The molecule has 0 aliphatic rings. The predicted octanol–water partition coefficient (Wildman–Crippen LogP) is 1.80. The maximum absolute atomic E-state index is 11.9. The Labute approximate surface area is 220 Å². The summed E-state index contributed by atoms with van der Waals surface area (Å²) < 4.78 is 2.06. The van der Waals surface area contributed by atoms with Crippen LogP contribution in [0.15, 0.2) is 36.5 Å². The van der Waals surface area contributed by atoms with Gasteiger partial charge in [-0.1, -0.05) is 30.9 Å². The zero-order valence-electron chi connectivity index (χ0n) is 19.9. The van der Waals surface area contributed by atoms with Crippen molar-refractivity contribution in [2.75, 3.05) is 13.1 Å². The summed E-state index contributed by atoms with van der Waals surface area (Å²) in [6, 6.07) is -4.17. The van der Waals surface area contributed by atoms with Gasteiger partial charge in [0.05, 0.1) is 0 Å². The molecule has 0 unspecified atom stereocenters. The molecule has 12 nitrogen and oxygen atoms in total. The van der Waals surface area contributed by atoms with Gasteiger partial charge in [-0.3, -0.25) is 4.79 Å². The summed E-state index contributed by atoms with van der Waals surface area (Å²) in [5, 5.41) is 36.4. The van der Waals surface area contributed by atoms with E-state index in [0.717, 1.165) is 0 Å². The molecule has 0 aromatic rings. The van der Waals surface area contributed by atoms with E-state index in [2.05, 4.69) is 32.5 Å². The number of nitrogens with one attached hydrogen (secondary N) is 4. The van der Waals surface area contributed by atoms with Crippen LogP contribution in [0.4, 0.5) is 9.59 Å². The number of carboxylic acid groups (broad SMARTS) is 3. The Balaban J connectivity index is 0. The number of hydrogen-bond acceptors (Lipinski definition) is 5. The van der Waals surface area contributed by atoms with Crippen molar-refractivity contribution in [3.8, 4) is 0 Å². The predicted molar refractivity (Wildman–Crippen MR) is 126 cm³/mol. The van der Waals surface area contributed by atoms with Crippen LogP contribution in [-0.2, 0) is 14.4 Å². The van der Waals surface area contributed by atoms with Crippen molar-refractivity contribution in [2.45, 2.75) is 55.7 Å². The molecule has 0 heterocycles. The molecule has 0 bridgehead atoms. The van der Waals surface area contributed by atoms with E-state index >= 15 is 0 Å². The number of carbonyl (C=O) groups is 5. The first-order valence-corrected chi connectivity index (χ1v) is 13.6. The van der Waals surface area contributed by atoms with E-state index < -0.39 is 48.5 Å². The fraction of sp³-hybridized carbons (Fsp3) is 0.500. The fourth-order valence-electron chi connectivity index (χ4n) is 2.43. The summed E-state index contributed by atoms with van der Waals surface area (Å²) in [4.78, 5) is 56.7. The third kappa shape index (κ3) is 20.2. The molecule has 0 aromatic carbocycles. The molecule has 35 heavy (non-hydrogen) atoms. The average molecular weight is 694 g/mol. The van der Waals surface area contributed by atoms with Crippen LogP contribution in [0.3, 0.4) is 0 Å². The molecule has 0 spiro atoms. The van der Waals surface area contributed by atoms with Gasteiger partial charge in [0, 0.05) is 19.5 Å². The second-order valence-electron chi connectivity index (χ2n) is 6.98. The average Bonchev–Trinajstić information content (AvgIpc) is 2.80. The van der Waals surface area contributed by atoms with Gasteiger partial charge in [-0.2, -0.15) is 0 Å². The van der Waals surface area contributed by atoms with Gasteiger partial charge in [-0.05, 0) is 38.2 Å². The van der Waals surface area contributed by atoms with Crippen molar-refractivity contribution >= 4 is 30.0 Å². The monoisotopic (exact) mass is 693 g/mol. The molecule has 13 heteroatoms. The van der Waals surface area contributed by atoms with Crippen molar-refractivity contribution in [1.82, 2.24) is 21.3 Å². The van der Waals surface area contributed by atoms with Gasteiger partial charge in [0.15, 0.2) is 0 Å². The van der Waals surface area contributed by atoms with Crippen LogP contribution >= 0.6 is 0 Å². The Morgan fingerprint density at radius 2 is 1.43 bits per heavy atom. The first kappa shape index (κ1) is 34.2. The van der Waals surface area contributed by atoms with Gasteiger partial charge in [0.2, 0.25) is 0 Å². The van der Waals surface area contributed by atoms with Gasteiger partial charge in [-0.25, -0.2) is 19.2 Å². The number of aliphatic carboxylic acids is 3. The number of hydrogen-bond donors (Lipinski definition) is 7. The van der Waals surface area contributed by atoms with Crippen LogP contribution in [0.5, 0.6) is 0 Å².